The van der Waals surface area contributed by atoms with E-state index in [1.165, 1.54) is 51.4 Å². The maximum absolute atomic E-state index is 13.3. The minimum Gasteiger partial charge on any atom is -0.299 e. The van der Waals surface area contributed by atoms with E-state index in [4.69, 9.17) is 11.6 Å². The molecule has 0 radical (unpaired) electrons. The molecule has 4 saturated carbocycles. The van der Waals surface area contributed by atoms with Crippen LogP contribution in [0.25, 0.3) is 0 Å². The van der Waals surface area contributed by atoms with E-state index in [1.807, 2.05) is 0 Å². The highest BCUT2D eigenvalue weighted by Crippen LogP contribution is 2.68. The molecule has 0 heterocycles. The second-order valence-corrected chi connectivity index (χ2v) is 13.1. The highest BCUT2D eigenvalue weighted by molar-refractivity contribution is 6.20. The minimum absolute atomic E-state index is 0.227. The Morgan fingerprint density at radius 3 is 2.38 bits per heavy atom. The smallest absolute Gasteiger partial charge is 0.136 e. The van der Waals surface area contributed by atoms with E-state index in [0.717, 1.165) is 48.9 Å². The second kappa shape index (κ2) is 8.14. The van der Waals surface area contributed by atoms with Crippen molar-refractivity contribution in [2.45, 2.75) is 111 Å². The van der Waals surface area contributed by atoms with Crippen LogP contribution in [-0.4, -0.2) is 11.2 Å². The monoisotopic (exact) mass is 420 g/mol. The molecular weight excluding hydrogens is 376 g/mol. The fourth-order valence-electron chi connectivity index (χ4n) is 9.02. The molecule has 0 amide bonds. The Morgan fingerprint density at radius 2 is 1.66 bits per heavy atom. The maximum atomic E-state index is 13.3. The zero-order chi connectivity index (χ0) is 21.0. The molecule has 9 atom stereocenters. The molecular formula is C27H45ClO. The molecule has 0 aromatic rings. The fourth-order valence-corrected chi connectivity index (χ4v) is 9.31. The van der Waals surface area contributed by atoms with E-state index in [-0.39, 0.29) is 16.7 Å². The Morgan fingerprint density at radius 1 is 0.966 bits per heavy atom. The maximum Gasteiger partial charge on any atom is 0.136 e. The molecule has 4 fully saturated rings. The van der Waals surface area contributed by atoms with Crippen molar-refractivity contribution in [1.82, 2.24) is 0 Å². The van der Waals surface area contributed by atoms with Crippen LogP contribution in [0.1, 0.15) is 105 Å². The zero-order valence-electron chi connectivity index (χ0n) is 19.7. The molecule has 0 spiro atoms. The van der Waals surface area contributed by atoms with Gasteiger partial charge in [-0.1, -0.05) is 53.9 Å². The third kappa shape index (κ3) is 3.74. The standard InChI is InChI=1S/C27H45ClO/c1-17(2)7-6-8-18(3)21-9-10-22-20-16-25(29)24-15-19(28)11-13-27(24,5)23(20)12-14-26(21,22)4/h17-24H,6-16H2,1-5H3/t18-,19?,20?,21?,22?,23?,24-,26?,27?/m1/s1. The van der Waals surface area contributed by atoms with Gasteiger partial charge in [-0.3, -0.25) is 4.79 Å². The lowest BCUT2D eigenvalue weighted by atomic mass is 9.44. The summed E-state index contributed by atoms with van der Waals surface area (Å²) in [5.74, 6) is 5.57. The van der Waals surface area contributed by atoms with Gasteiger partial charge < -0.3 is 0 Å². The quantitative estimate of drug-likeness (QED) is 0.413. The summed E-state index contributed by atoms with van der Waals surface area (Å²) in [4.78, 5) is 13.3. The van der Waals surface area contributed by atoms with Crippen LogP contribution >= 0.6 is 11.6 Å². The van der Waals surface area contributed by atoms with Gasteiger partial charge in [-0.2, -0.15) is 0 Å². The van der Waals surface area contributed by atoms with Crippen molar-refractivity contribution < 1.29 is 4.79 Å². The molecule has 0 aliphatic heterocycles. The van der Waals surface area contributed by atoms with Crippen molar-refractivity contribution in [2.24, 2.45) is 52.3 Å². The topological polar surface area (TPSA) is 17.1 Å². The molecule has 166 valence electrons. The summed E-state index contributed by atoms with van der Waals surface area (Å²) in [7, 11) is 0. The number of Topliss-reactive ketones (excluding diaryl/α,β-unsaturated/α-hetero) is 1. The van der Waals surface area contributed by atoms with Crippen molar-refractivity contribution in [3.05, 3.63) is 0 Å². The Kier molecular flexibility index (Phi) is 6.22. The SMILES string of the molecule is CC(C)CCC[C@@H](C)C1CCC2C3CC(=O)[C@H]4CC(Cl)CCC4(C)C3CCC21C. The Balaban J connectivity index is 1.50. The fraction of sp³-hybridized carbons (Fsp3) is 0.963. The summed E-state index contributed by atoms with van der Waals surface area (Å²) < 4.78 is 0. The first-order chi connectivity index (χ1) is 13.7. The van der Waals surface area contributed by atoms with E-state index >= 15 is 0 Å². The van der Waals surface area contributed by atoms with Gasteiger partial charge in [0.15, 0.2) is 0 Å². The molecule has 7 unspecified atom stereocenters. The normalized spacial score (nSPS) is 48.2. The number of alkyl halides is 1. The van der Waals surface area contributed by atoms with Crippen LogP contribution in [0.4, 0.5) is 0 Å². The largest absolute Gasteiger partial charge is 0.299 e. The van der Waals surface area contributed by atoms with Gasteiger partial charge >= 0.3 is 0 Å². The lowest BCUT2D eigenvalue weighted by molar-refractivity contribution is -0.154. The molecule has 0 N–H and O–H groups in total. The number of carbonyl (C=O) groups excluding carboxylic acids is 1. The van der Waals surface area contributed by atoms with E-state index in [9.17, 15) is 4.79 Å². The second-order valence-electron chi connectivity index (χ2n) is 12.5. The van der Waals surface area contributed by atoms with Crippen LogP contribution in [-0.2, 0) is 4.79 Å². The van der Waals surface area contributed by atoms with Crippen LogP contribution in [0.3, 0.4) is 0 Å². The predicted octanol–water partition coefficient (Wildman–Crippen LogP) is 7.89. The van der Waals surface area contributed by atoms with Gasteiger partial charge in [-0.15, -0.1) is 11.6 Å². The molecule has 0 bridgehead atoms. The zero-order valence-corrected chi connectivity index (χ0v) is 20.4. The first kappa shape index (κ1) is 22.2. The van der Waals surface area contributed by atoms with Crippen molar-refractivity contribution in [3.8, 4) is 0 Å². The molecule has 4 aliphatic rings. The molecule has 0 aromatic carbocycles. The van der Waals surface area contributed by atoms with Crippen molar-refractivity contribution in [1.29, 1.82) is 0 Å². The highest BCUT2D eigenvalue weighted by atomic mass is 35.5. The summed E-state index contributed by atoms with van der Waals surface area (Å²) in [5, 5.41) is 0.227. The lowest BCUT2D eigenvalue weighted by Gasteiger charge is -2.60. The van der Waals surface area contributed by atoms with Gasteiger partial charge in [0.05, 0.1) is 0 Å². The number of hydrogen-bond acceptors (Lipinski definition) is 1. The first-order valence-electron chi connectivity index (χ1n) is 12.8. The van der Waals surface area contributed by atoms with E-state index < -0.39 is 0 Å². The van der Waals surface area contributed by atoms with Crippen LogP contribution < -0.4 is 0 Å². The van der Waals surface area contributed by atoms with Crippen LogP contribution in [0.15, 0.2) is 0 Å². The number of rotatable bonds is 5. The number of ketones is 1. The molecule has 2 heteroatoms. The highest BCUT2D eigenvalue weighted by Gasteiger charge is 2.62. The molecule has 29 heavy (non-hydrogen) atoms. The number of hydrogen-bond donors (Lipinski definition) is 0. The average molecular weight is 421 g/mol. The first-order valence-corrected chi connectivity index (χ1v) is 13.3. The van der Waals surface area contributed by atoms with E-state index in [0.29, 0.717) is 17.1 Å². The Hall–Kier alpha value is -0.0400. The van der Waals surface area contributed by atoms with Gasteiger partial charge in [-0.05, 0) is 91.3 Å². The Labute approximate surface area is 185 Å². The van der Waals surface area contributed by atoms with Crippen LogP contribution in [0.2, 0.25) is 0 Å². The molecule has 4 aliphatic carbocycles. The summed E-state index contributed by atoms with van der Waals surface area (Å²) in [5.41, 5.74) is 0.708. The van der Waals surface area contributed by atoms with E-state index in [2.05, 4.69) is 34.6 Å². The minimum atomic E-state index is 0.227. The van der Waals surface area contributed by atoms with Crippen molar-refractivity contribution in [2.75, 3.05) is 0 Å². The number of carbonyl (C=O) groups is 1. The van der Waals surface area contributed by atoms with Crippen molar-refractivity contribution in [3.63, 3.8) is 0 Å². The molecule has 1 nitrogen and oxygen atoms in total. The Bertz CT molecular complexity index is 614. The summed E-state index contributed by atoms with van der Waals surface area (Å²) in [6.45, 7) is 12.3. The van der Waals surface area contributed by atoms with Gasteiger partial charge in [0.2, 0.25) is 0 Å². The van der Waals surface area contributed by atoms with E-state index in [1.54, 1.807) is 0 Å². The molecule has 4 rings (SSSR count). The van der Waals surface area contributed by atoms with Crippen molar-refractivity contribution >= 4 is 17.4 Å². The predicted molar refractivity (Wildman–Crippen MR) is 123 cm³/mol. The lowest BCUT2D eigenvalue weighted by Crippen LogP contribution is -2.56. The summed E-state index contributed by atoms with van der Waals surface area (Å²) in [6.07, 6.45) is 13.8. The average Bonchev–Trinajstić information content (AvgIpc) is 3.00. The molecule has 0 aromatic heterocycles. The van der Waals surface area contributed by atoms with Crippen LogP contribution in [0, 0.1) is 52.3 Å². The van der Waals surface area contributed by atoms with Gasteiger partial charge in [-0.25, -0.2) is 0 Å². The third-order valence-electron chi connectivity index (χ3n) is 10.6. The third-order valence-corrected chi connectivity index (χ3v) is 11.0. The van der Waals surface area contributed by atoms with Crippen LogP contribution in [0.5, 0.6) is 0 Å². The van der Waals surface area contributed by atoms with Gasteiger partial charge in [0, 0.05) is 17.7 Å². The number of halogens is 1. The van der Waals surface area contributed by atoms with Gasteiger partial charge in [0.25, 0.3) is 0 Å². The molecule has 0 saturated heterocycles. The van der Waals surface area contributed by atoms with Gasteiger partial charge in [0.1, 0.15) is 5.78 Å². The summed E-state index contributed by atoms with van der Waals surface area (Å²) in [6, 6.07) is 0. The number of fused-ring (bicyclic) bond motifs is 5. The summed E-state index contributed by atoms with van der Waals surface area (Å²) >= 11 is 6.51.